The number of hydrogen-bond acceptors (Lipinski definition) is 3. The van der Waals surface area contributed by atoms with Crippen LogP contribution < -0.4 is 25.6 Å². The molecule has 3 nitrogen and oxygen atoms in total. The molecule has 2 heterocycles. The molecule has 0 N–H and O–H groups in total. The van der Waals surface area contributed by atoms with Crippen LogP contribution in [0.25, 0.3) is 66.1 Å². The van der Waals surface area contributed by atoms with Crippen molar-refractivity contribution in [3.63, 3.8) is 0 Å². The zero-order valence-electron chi connectivity index (χ0n) is 34.9. The molecule has 0 radical (unpaired) electrons. The maximum Gasteiger partial charge on any atom is 0.179 e. The van der Waals surface area contributed by atoms with E-state index in [1.165, 1.54) is 26.3 Å². The molecular formula is C60H41NO2Si. The highest BCUT2D eigenvalue weighted by molar-refractivity contribution is 7.19. The average Bonchev–Trinajstić information content (AvgIpc) is 3.94. The summed E-state index contributed by atoms with van der Waals surface area (Å²) in [5.74, 6) is 0. The molecule has 0 aliphatic carbocycles. The fourth-order valence-corrected chi connectivity index (χ4v) is 14.5. The van der Waals surface area contributed by atoms with Crippen LogP contribution in [-0.4, -0.2) is 8.07 Å². The lowest BCUT2D eigenvalue weighted by Crippen LogP contribution is -2.74. The molecule has 0 unspecified atom stereocenters. The third-order valence-electron chi connectivity index (χ3n) is 12.9. The van der Waals surface area contributed by atoms with Gasteiger partial charge in [-0.1, -0.05) is 182 Å². The number of benzene rings is 10. The van der Waals surface area contributed by atoms with Crippen LogP contribution >= 0.6 is 0 Å². The molecule has 0 aliphatic heterocycles. The molecular weight excluding hydrogens is 795 g/mol. The molecule has 0 aliphatic rings. The summed E-state index contributed by atoms with van der Waals surface area (Å²) < 4.78 is 12.4. The van der Waals surface area contributed by atoms with E-state index >= 15 is 0 Å². The molecule has 4 heteroatoms. The summed E-state index contributed by atoms with van der Waals surface area (Å²) in [5, 5.41) is 9.91. The minimum atomic E-state index is -2.62. The van der Waals surface area contributed by atoms with Gasteiger partial charge in [0.25, 0.3) is 0 Å². The molecule has 302 valence electrons. The lowest BCUT2D eigenvalue weighted by atomic mass is 10.0. The van der Waals surface area contributed by atoms with Gasteiger partial charge in [0, 0.05) is 38.6 Å². The van der Waals surface area contributed by atoms with Gasteiger partial charge < -0.3 is 13.7 Å². The quantitative estimate of drug-likeness (QED) is 0.107. The van der Waals surface area contributed by atoms with Gasteiger partial charge in [0.05, 0.1) is 0 Å². The summed E-state index contributed by atoms with van der Waals surface area (Å²) in [7, 11) is -2.62. The molecule has 2 aromatic heterocycles. The van der Waals surface area contributed by atoms with E-state index in [2.05, 4.69) is 229 Å². The molecule has 0 atom stereocenters. The number of rotatable bonds is 9. The highest BCUT2D eigenvalue weighted by atomic mass is 28.3. The molecule has 0 saturated heterocycles. The maximum absolute atomic E-state index is 6.26. The first kappa shape index (κ1) is 37.6. The van der Waals surface area contributed by atoms with Crippen LogP contribution in [0.4, 0.5) is 17.1 Å². The van der Waals surface area contributed by atoms with Crippen molar-refractivity contribution < 1.29 is 8.83 Å². The molecule has 0 amide bonds. The van der Waals surface area contributed by atoms with Gasteiger partial charge in [0.2, 0.25) is 0 Å². The monoisotopic (exact) mass is 835 g/mol. The highest BCUT2D eigenvalue weighted by Crippen LogP contribution is 2.40. The van der Waals surface area contributed by atoms with Gasteiger partial charge in [0.15, 0.2) is 8.07 Å². The summed E-state index contributed by atoms with van der Waals surface area (Å²) in [6.07, 6.45) is 0. The smallest absolute Gasteiger partial charge is 0.179 e. The Bertz CT molecular complexity index is 3480. The minimum Gasteiger partial charge on any atom is -0.456 e. The van der Waals surface area contributed by atoms with Crippen LogP contribution in [0.2, 0.25) is 0 Å². The second-order valence-electron chi connectivity index (χ2n) is 16.4. The lowest BCUT2D eigenvalue weighted by Gasteiger charge is -2.34. The number of furan rings is 2. The third-order valence-corrected chi connectivity index (χ3v) is 17.6. The van der Waals surface area contributed by atoms with E-state index in [0.29, 0.717) is 0 Å². The van der Waals surface area contributed by atoms with Gasteiger partial charge in [-0.2, -0.15) is 0 Å². The largest absolute Gasteiger partial charge is 0.456 e. The number of fused-ring (bicyclic) bond motifs is 6. The molecule has 12 rings (SSSR count). The Morgan fingerprint density at radius 2 is 0.594 bits per heavy atom. The topological polar surface area (TPSA) is 29.5 Å². The summed E-state index contributed by atoms with van der Waals surface area (Å²) in [5.41, 5.74) is 11.4. The van der Waals surface area contributed by atoms with Gasteiger partial charge in [-0.05, 0) is 110 Å². The summed E-state index contributed by atoms with van der Waals surface area (Å²) in [6, 6.07) is 90.0. The van der Waals surface area contributed by atoms with Gasteiger partial charge in [-0.3, -0.25) is 0 Å². The first-order valence-corrected chi connectivity index (χ1v) is 23.8. The predicted molar refractivity (Wildman–Crippen MR) is 270 cm³/mol. The maximum atomic E-state index is 6.26. The zero-order valence-corrected chi connectivity index (χ0v) is 35.9. The molecule has 64 heavy (non-hydrogen) atoms. The van der Waals surface area contributed by atoms with E-state index in [0.717, 1.165) is 77.6 Å². The van der Waals surface area contributed by atoms with Crippen molar-refractivity contribution in [1.82, 2.24) is 0 Å². The van der Waals surface area contributed by atoms with Crippen LogP contribution in [0.3, 0.4) is 0 Å². The minimum absolute atomic E-state index is 0.875. The molecule has 0 bridgehead atoms. The van der Waals surface area contributed by atoms with Gasteiger partial charge in [-0.15, -0.1) is 0 Å². The number of para-hydroxylation sites is 2. The van der Waals surface area contributed by atoms with E-state index in [1.54, 1.807) is 0 Å². The van der Waals surface area contributed by atoms with Crippen molar-refractivity contribution in [2.75, 3.05) is 4.90 Å². The Morgan fingerprint density at radius 3 is 1.09 bits per heavy atom. The molecule has 0 saturated carbocycles. The van der Waals surface area contributed by atoms with E-state index in [-0.39, 0.29) is 0 Å². The number of nitrogens with zero attached hydrogens (tertiary/aromatic N) is 1. The first-order valence-electron chi connectivity index (χ1n) is 21.8. The fraction of sp³-hybridized carbons (Fsp3) is 0. The third kappa shape index (κ3) is 6.35. The van der Waals surface area contributed by atoms with Crippen LogP contribution in [0.1, 0.15) is 0 Å². The Balaban J connectivity index is 0.929. The SMILES string of the molecule is c1ccc([Si](c2ccccc2)(c2ccccc2)c2ccc(-c3ccc(N(c4ccc(-c5ccc6oc7ccccc7c6c5)cc4)c4ccc5oc6ccccc6c5c4)cc3)cc2)cc1. The first-order chi connectivity index (χ1) is 31.7. The van der Waals surface area contributed by atoms with Crippen molar-refractivity contribution in [2.45, 2.75) is 0 Å². The molecule has 12 aromatic rings. The second kappa shape index (κ2) is 15.6. The van der Waals surface area contributed by atoms with Crippen molar-refractivity contribution in [3.8, 4) is 22.3 Å². The second-order valence-corrected chi connectivity index (χ2v) is 20.3. The summed E-state index contributed by atoms with van der Waals surface area (Å²) in [4.78, 5) is 2.34. The highest BCUT2D eigenvalue weighted by Gasteiger charge is 2.41. The van der Waals surface area contributed by atoms with Crippen molar-refractivity contribution >= 4 is 89.8 Å². The van der Waals surface area contributed by atoms with Gasteiger partial charge in [-0.25, -0.2) is 0 Å². The number of anilines is 3. The van der Waals surface area contributed by atoms with Crippen molar-refractivity contribution in [2.24, 2.45) is 0 Å². The van der Waals surface area contributed by atoms with E-state index in [1.807, 2.05) is 24.3 Å². The molecule has 0 spiro atoms. The van der Waals surface area contributed by atoms with Gasteiger partial charge in [0.1, 0.15) is 22.3 Å². The van der Waals surface area contributed by atoms with Crippen molar-refractivity contribution in [3.05, 3.63) is 249 Å². The normalized spacial score (nSPS) is 11.8. The van der Waals surface area contributed by atoms with Gasteiger partial charge >= 0.3 is 0 Å². The Kier molecular flexibility index (Phi) is 9.17. The van der Waals surface area contributed by atoms with Crippen LogP contribution in [0.15, 0.2) is 258 Å². The molecule has 0 fully saturated rings. The Hall–Kier alpha value is -8.18. The predicted octanol–water partition coefficient (Wildman–Crippen LogP) is 13.7. The van der Waals surface area contributed by atoms with Crippen LogP contribution in [0.5, 0.6) is 0 Å². The van der Waals surface area contributed by atoms with Crippen molar-refractivity contribution in [1.29, 1.82) is 0 Å². The van der Waals surface area contributed by atoms with Crippen LogP contribution in [-0.2, 0) is 0 Å². The average molecular weight is 836 g/mol. The van der Waals surface area contributed by atoms with E-state index < -0.39 is 8.07 Å². The number of hydrogen-bond donors (Lipinski definition) is 0. The fourth-order valence-electron chi connectivity index (χ4n) is 9.79. The van der Waals surface area contributed by atoms with E-state index in [4.69, 9.17) is 8.83 Å². The zero-order chi connectivity index (χ0) is 42.5. The standard InChI is InChI=1S/C60H41NO2Si/c1-4-14-49(15-5-1)64(50-16-6-2-7-17-50,51-18-8-3-9-19-51)52-36-28-43(29-37-52)42-24-31-46(32-25-42)61(48-35-39-60-56(41-48)54-21-11-13-23-58(54)63-60)47-33-26-44(27-34-47)45-30-38-59-55(40-45)53-20-10-12-22-57(53)62-59/h1-41H. The van der Waals surface area contributed by atoms with E-state index in [9.17, 15) is 0 Å². The summed E-state index contributed by atoms with van der Waals surface area (Å²) in [6.45, 7) is 0. The Morgan fingerprint density at radius 1 is 0.250 bits per heavy atom. The van der Waals surface area contributed by atoms with Crippen LogP contribution in [0, 0.1) is 0 Å². The lowest BCUT2D eigenvalue weighted by molar-refractivity contribution is 0.668. The summed E-state index contributed by atoms with van der Waals surface area (Å²) >= 11 is 0. The molecule has 10 aromatic carbocycles. The Labute approximate surface area is 372 Å².